The van der Waals surface area contributed by atoms with E-state index in [0.717, 1.165) is 11.1 Å². The highest BCUT2D eigenvalue weighted by atomic mass is 16.3. The Morgan fingerprint density at radius 1 is 1.07 bits per heavy atom. The third kappa shape index (κ3) is 3.90. The molecule has 3 aliphatic rings. The lowest BCUT2D eigenvalue weighted by Crippen LogP contribution is -2.65. The first-order valence-corrected chi connectivity index (χ1v) is 12.7. The number of hydrogen-bond donors (Lipinski definition) is 6. The van der Waals surface area contributed by atoms with Crippen LogP contribution in [0.2, 0.25) is 0 Å². The predicted molar refractivity (Wildman–Crippen MR) is 145 cm³/mol. The van der Waals surface area contributed by atoms with Crippen molar-refractivity contribution in [3.8, 4) is 17.6 Å². The maximum absolute atomic E-state index is 13.9. The lowest BCUT2D eigenvalue weighted by molar-refractivity contribution is -0.153. The second-order valence-corrected chi connectivity index (χ2v) is 10.6. The molecule has 2 aromatic carbocycles. The number of primary amides is 1. The number of phenols is 1. The molecule has 0 unspecified atom stereocenters. The van der Waals surface area contributed by atoms with E-state index in [1.165, 1.54) is 11.0 Å². The highest BCUT2D eigenvalue weighted by Crippen LogP contribution is 2.52. The Balaban J connectivity index is 1.66. The van der Waals surface area contributed by atoms with E-state index in [4.69, 9.17) is 11.5 Å². The van der Waals surface area contributed by atoms with Crippen molar-refractivity contribution in [2.45, 2.75) is 31.0 Å². The number of phenolic OH excluding ortho intramolecular Hbond substituents is 1. The summed E-state index contributed by atoms with van der Waals surface area (Å²) < 4.78 is 0. The minimum atomic E-state index is -2.67. The van der Waals surface area contributed by atoms with Crippen molar-refractivity contribution < 1.29 is 34.8 Å². The van der Waals surface area contributed by atoms with Gasteiger partial charge in [-0.25, -0.2) is 0 Å². The zero-order valence-corrected chi connectivity index (χ0v) is 21.9. The molecule has 3 aliphatic carbocycles. The molecule has 8 N–H and O–H groups in total. The molecule has 0 aliphatic heterocycles. The number of ketones is 2. The van der Waals surface area contributed by atoms with Crippen LogP contribution in [0, 0.1) is 23.7 Å². The topological polar surface area (TPSA) is 187 Å². The number of benzene rings is 2. The molecule has 4 atom stereocenters. The summed E-state index contributed by atoms with van der Waals surface area (Å²) in [6.45, 7) is 0.404. The number of aromatic hydroxyl groups is 1. The molecule has 0 saturated heterocycles. The van der Waals surface area contributed by atoms with Crippen LogP contribution in [-0.2, 0) is 27.3 Å². The summed E-state index contributed by atoms with van der Waals surface area (Å²) in [5, 5.41) is 44.6. The lowest BCUT2D eigenvalue weighted by Gasteiger charge is -2.50. The van der Waals surface area contributed by atoms with Gasteiger partial charge in [-0.1, -0.05) is 24.0 Å². The number of carbonyl (C=O) groups is 3. The number of nitrogens with two attached hydrogens (primary N) is 2. The van der Waals surface area contributed by atoms with Crippen molar-refractivity contribution in [2.75, 3.05) is 14.1 Å². The van der Waals surface area contributed by atoms with E-state index < -0.39 is 58.0 Å². The molecule has 0 spiro atoms. The van der Waals surface area contributed by atoms with E-state index in [-0.39, 0.29) is 29.7 Å². The molecule has 1 amide bonds. The third-order valence-electron chi connectivity index (χ3n) is 8.14. The smallest absolute Gasteiger partial charge is 0.255 e. The fraction of sp³-hybridized carbons (Fsp3) is 0.300. The van der Waals surface area contributed by atoms with Gasteiger partial charge in [-0.3, -0.25) is 19.3 Å². The zero-order chi connectivity index (χ0) is 29.1. The monoisotopic (exact) mass is 543 g/mol. The van der Waals surface area contributed by atoms with Gasteiger partial charge < -0.3 is 31.9 Å². The van der Waals surface area contributed by atoms with Crippen LogP contribution in [0.15, 0.2) is 53.3 Å². The average Bonchev–Trinajstić information content (AvgIpc) is 2.90. The van der Waals surface area contributed by atoms with Gasteiger partial charge in [-0.05, 0) is 68.2 Å². The van der Waals surface area contributed by atoms with E-state index in [9.17, 15) is 34.8 Å². The van der Waals surface area contributed by atoms with Gasteiger partial charge >= 0.3 is 0 Å². The van der Waals surface area contributed by atoms with Crippen LogP contribution in [-0.4, -0.2) is 68.5 Å². The van der Waals surface area contributed by atoms with Crippen molar-refractivity contribution in [3.63, 3.8) is 0 Å². The second-order valence-electron chi connectivity index (χ2n) is 10.6. The Bertz CT molecular complexity index is 1590. The van der Waals surface area contributed by atoms with Gasteiger partial charge in [0, 0.05) is 29.2 Å². The Morgan fingerprint density at radius 3 is 2.35 bits per heavy atom. The summed E-state index contributed by atoms with van der Waals surface area (Å²) in [5.41, 5.74) is 10.0. The Labute approximate surface area is 230 Å². The fourth-order valence-electron chi connectivity index (χ4n) is 6.22. The number of amides is 1. The van der Waals surface area contributed by atoms with Crippen molar-refractivity contribution in [1.29, 1.82) is 0 Å². The first kappa shape index (κ1) is 27.1. The van der Waals surface area contributed by atoms with Crippen molar-refractivity contribution in [1.82, 2.24) is 4.90 Å². The molecule has 0 radical (unpaired) electrons. The highest BCUT2D eigenvalue weighted by Gasteiger charge is 2.64. The third-order valence-corrected chi connectivity index (χ3v) is 8.14. The van der Waals surface area contributed by atoms with Crippen LogP contribution in [0.3, 0.4) is 0 Å². The largest absolute Gasteiger partial charge is 0.508 e. The van der Waals surface area contributed by atoms with E-state index in [2.05, 4.69) is 11.8 Å². The molecule has 5 rings (SSSR count). The molecule has 0 heterocycles. The molecular weight excluding hydrogens is 514 g/mol. The van der Waals surface area contributed by atoms with E-state index >= 15 is 0 Å². The Kier molecular flexibility index (Phi) is 6.54. The summed E-state index contributed by atoms with van der Waals surface area (Å²) in [5.74, 6) is -0.746. The minimum absolute atomic E-state index is 0.00145. The SMILES string of the molecule is CN(C)[C@@H]1C(=O)C(C(N)=O)=C(O)[C@@]2(O)C(=O)C3=C(O)c4c(O)ccc(C#Cc5ccc(CN)cc5)c4C[C@H]3C[C@@H]12. The van der Waals surface area contributed by atoms with Crippen LogP contribution in [0.25, 0.3) is 5.76 Å². The average molecular weight is 544 g/mol. The molecule has 206 valence electrons. The standard InChI is InChI=1S/C30H29N3O7/c1-33(2)24-19-12-17-11-18-16(8-7-14-3-5-15(13-31)6-4-14)9-10-20(34)22(18)25(35)21(17)27(37)30(19,40)28(38)23(26(24)36)29(32)39/h3-6,9-10,17,19,24,34-35,38,40H,11-13,31H2,1-2H3,(H2,32,39)/t17-,19-,24-,30-/m0/s1. The van der Waals surface area contributed by atoms with Crippen LogP contribution in [0.1, 0.15) is 34.2 Å². The molecular formula is C30H29N3O7. The van der Waals surface area contributed by atoms with Gasteiger partial charge in [-0.15, -0.1) is 0 Å². The van der Waals surface area contributed by atoms with Gasteiger partial charge in [0.2, 0.25) is 5.78 Å². The maximum Gasteiger partial charge on any atom is 0.255 e. The van der Waals surface area contributed by atoms with Gasteiger partial charge in [0.15, 0.2) is 11.4 Å². The normalized spacial score (nSPS) is 25.7. The quantitative estimate of drug-likeness (QED) is 0.241. The molecule has 2 aromatic rings. The first-order chi connectivity index (χ1) is 18.9. The number of hydrogen-bond acceptors (Lipinski definition) is 9. The van der Waals surface area contributed by atoms with Crippen LogP contribution < -0.4 is 11.5 Å². The van der Waals surface area contributed by atoms with Gasteiger partial charge in [0.1, 0.15) is 22.8 Å². The number of Topliss-reactive ketones (excluding diaryl/α,β-unsaturated/α-hetero) is 2. The molecule has 40 heavy (non-hydrogen) atoms. The second kappa shape index (κ2) is 9.64. The number of aliphatic hydroxyl groups is 3. The zero-order valence-electron chi connectivity index (χ0n) is 21.9. The van der Waals surface area contributed by atoms with E-state index in [1.807, 2.05) is 24.3 Å². The lowest BCUT2D eigenvalue weighted by atomic mass is 9.57. The number of likely N-dealkylation sites (N-methyl/N-ethyl adjacent to an activating group) is 1. The Morgan fingerprint density at radius 2 is 1.75 bits per heavy atom. The minimum Gasteiger partial charge on any atom is -0.508 e. The summed E-state index contributed by atoms with van der Waals surface area (Å²) in [7, 11) is 3.11. The van der Waals surface area contributed by atoms with Crippen LogP contribution in [0.4, 0.5) is 0 Å². The van der Waals surface area contributed by atoms with Crippen molar-refractivity contribution in [3.05, 3.63) is 81.1 Å². The maximum atomic E-state index is 13.9. The van der Waals surface area contributed by atoms with Gasteiger partial charge in [0.05, 0.1) is 11.6 Å². The first-order valence-electron chi connectivity index (χ1n) is 12.7. The highest BCUT2D eigenvalue weighted by molar-refractivity contribution is 6.24. The molecule has 0 aromatic heterocycles. The van der Waals surface area contributed by atoms with Gasteiger partial charge in [-0.2, -0.15) is 0 Å². The number of nitrogens with zero attached hydrogens (tertiary/aromatic N) is 1. The van der Waals surface area contributed by atoms with Crippen LogP contribution in [0.5, 0.6) is 5.75 Å². The number of carbonyl (C=O) groups excluding carboxylic acids is 3. The summed E-state index contributed by atoms with van der Waals surface area (Å²) in [6, 6.07) is 9.23. The molecule has 1 saturated carbocycles. The molecule has 10 heteroatoms. The van der Waals surface area contributed by atoms with Crippen molar-refractivity contribution in [2.24, 2.45) is 23.3 Å². The number of rotatable bonds is 3. The predicted octanol–water partition coefficient (Wildman–Crippen LogP) is 0.823. The van der Waals surface area contributed by atoms with Crippen LogP contribution >= 0.6 is 0 Å². The van der Waals surface area contributed by atoms with Gasteiger partial charge in [0.25, 0.3) is 5.91 Å². The number of fused-ring (bicyclic) bond motifs is 3. The Hall–Kier alpha value is -4.43. The fourth-order valence-corrected chi connectivity index (χ4v) is 6.22. The summed E-state index contributed by atoms with van der Waals surface area (Å²) in [4.78, 5) is 40.6. The van der Waals surface area contributed by atoms with E-state index in [1.54, 1.807) is 20.2 Å². The number of aliphatic hydroxyl groups excluding tert-OH is 2. The summed E-state index contributed by atoms with van der Waals surface area (Å²) >= 11 is 0. The molecule has 0 bridgehead atoms. The van der Waals surface area contributed by atoms with E-state index in [0.29, 0.717) is 17.7 Å². The molecule has 1 fully saturated rings. The molecule has 10 nitrogen and oxygen atoms in total. The summed E-state index contributed by atoms with van der Waals surface area (Å²) in [6.07, 6.45) is 0.175. The van der Waals surface area contributed by atoms with Crippen molar-refractivity contribution >= 4 is 23.2 Å².